The van der Waals surface area contributed by atoms with Crippen LogP contribution in [0.3, 0.4) is 0 Å². The molecule has 0 bridgehead atoms. The lowest BCUT2D eigenvalue weighted by atomic mass is 10.1. The number of thiazole rings is 1. The minimum atomic E-state index is 0.0644. The number of aryl methyl sites for hydroxylation is 1. The van der Waals surface area contributed by atoms with Crippen molar-refractivity contribution in [3.8, 4) is 16.3 Å². The molecule has 1 N–H and O–H groups in total. The highest BCUT2D eigenvalue weighted by Gasteiger charge is 2.13. The molecule has 2 aromatic rings. The zero-order chi connectivity index (χ0) is 16.8. The van der Waals surface area contributed by atoms with Crippen molar-refractivity contribution in [2.75, 3.05) is 13.7 Å². The van der Waals surface area contributed by atoms with Crippen LogP contribution in [0, 0.1) is 12.8 Å². The summed E-state index contributed by atoms with van der Waals surface area (Å²) in [5.41, 5.74) is 1.94. The summed E-state index contributed by atoms with van der Waals surface area (Å²) in [4.78, 5) is 17.7. The SMILES string of the molecule is COc1cccc(-c2nc(C)c(CC(=O)NCCC(C)C)s2)c1. The molecule has 0 aliphatic rings. The summed E-state index contributed by atoms with van der Waals surface area (Å²) in [7, 11) is 1.65. The van der Waals surface area contributed by atoms with Gasteiger partial charge in [-0.2, -0.15) is 0 Å². The third-order valence-electron chi connectivity index (χ3n) is 3.57. The number of methoxy groups -OCH3 is 1. The lowest BCUT2D eigenvalue weighted by Crippen LogP contribution is -2.26. The van der Waals surface area contributed by atoms with Crippen molar-refractivity contribution >= 4 is 17.2 Å². The molecule has 0 saturated heterocycles. The van der Waals surface area contributed by atoms with E-state index in [0.29, 0.717) is 12.3 Å². The van der Waals surface area contributed by atoms with Gasteiger partial charge in [0, 0.05) is 17.0 Å². The Hall–Kier alpha value is -1.88. The third-order valence-corrected chi connectivity index (χ3v) is 4.78. The molecule has 0 saturated carbocycles. The summed E-state index contributed by atoms with van der Waals surface area (Å²) < 4.78 is 5.25. The molecule has 23 heavy (non-hydrogen) atoms. The largest absolute Gasteiger partial charge is 0.497 e. The van der Waals surface area contributed by atoms with Crippen molar-refractivity contribution in [3.05, 3.63) is 34.8 Å². The van der Waals surface area contributed by atoms with Crippen molar-refractivity contribution in [1.82, 2.24) is 10.3 Å². The van der Waals surface area contributed by atoms with Gasteiger partial charge in [0.1, 0.15) is 10.8 Å². The zero-order valence-electron chi connectivity index (χ0n) is 14.2. The number of rotatable bonds is 7. The minimum Gasteiger partial charge on any atom is -0.497 e. The molecule has 2 rings (SSSR count). The van der Waals surface area contributed by atoms with Gasteiger partial charge < -0.3 is 10.1 Å². The number of nitrogens with one attached hydrogen (secondary N) is 1. The fraction of sp³-hybridized carbons (Fsp3) is 0.444. The number of benzene rings is 1. The number of nitrogens with zero attached hydrogens (tertiary/aromatic N) is 1. The normalized spacial score (nSPS) is 10.8. The van der Waals surface area contributed by atoms with Crippen LogP contribution in [0.4, 0.5) is 0 Å². The summed E-state index contributed by atoms with van der Waals surface area (Å²) >= 11 is 1.57. The van der Waals surface area contributed by atoms with Crippen LogP contribution in [0.5, 0.6) is 5.75 Å². The van der Waals surface area contributed by atoms with Gasteiger partial charge >= 0.3 is 0 Å². The average Bonchev–Trinajstić information content (AvgIpc) is 2.88. The van der Waals surface area contributed by atoms with Crippen LogP contribution in [-0.2, 0) is 11.2 Å². The van der Waals surface area contributed by atoms with E-state index in [0.717, 1.165) is 39.9 Å². The van der Waals surface area contributed by atoms with E-state index in [2.05, 4.69) is 24.1 Å². The van der Waals surface area contributed by atoms with E-state index in [1.54, 1.807) is 18.4 Å². The molecule has 4 nitrogen and oxygen atoms in total. The Labute approximate surface area is 141 Å². The molecule has 1 heterocycles. The van der Waals surface area contributed by atoms with Crippen LogP contribution in [-0.4, -0.2) is 24.5 Å². The Kier molecular flexibility index (Phi) is 6.16. The Morgan fingerprint density at radius 3 is 2.87 bits per heavy atom. The van der Waals surface area contributed by atoms with Crippen molar-refractivity contribution in [2.45, 2.75) is 33.6 Å². The molecule has 5 heteroatoms. The van der Waals surface area contributed by atoms with Gasteiger partial charge in [-0.15, -0.1) is 11.3 Å². The monoisotopic (exact) mass is 332 g/mol. The molecule has 0 aliphatic heterocycles. The first-order valence-electron chi connectivity index (χ1n) is 7.87. The maximum atomic E-state index is 12.0. The van der Waals surface area contributed by atoms with E-state index < -0.39 is 0 Å². The second-order valence-electron chi connectivity index (χ2n) is 5.97. The summed E-state index contributed by atoms with van der Waals surface area (Å²) in [6.45, 7) is 6.99. The van der Waals surface area contributed by atoms with Crippen LogP contribution in [0.25, 0.3) is 10.6 Å². The van der Waals surface area contributed by atoms with Crippen molar-refractivity contribution in [3.63, 3.8) is 0 Å². The first-order valence-corrected chi connectivity index (χ1v) is 8.68. The van der Waals surface area contributed by atoms with E-state index in [1.807, 2.05) is 31.2 Å². The highest BCUT2D eigenvalue weighted by molar-refractivity contribution is 7.15. The topological polar surface area (TPSA) is 51.2 Å². The van der Waals surface area contributed by atoms with E-state index in [1.165, 1.54) is 0 Å². The molecule has 0 radical (unpaired) electrons. The quantitative estimate of drug-likeness (QED) is 0.838. The maximum Gasteiger partial charge on any atom is 0.225 e. The lowest BCUT2D eigenvalue weighted by molar-refractivity contribution is -0.120. The van der Waals surface area contributed by atoms with Gasteiger partial charge in [-0.1, -0.05) is 26.0 Å². The van der Waals surface area contributed by atoms with Crippen molar-refractivity contribution < 1.29 is 9.53 Å². The van der Waals surface area contributed by atoms with Crippen LogP contribution < -0.4 is 10.1 Å². The number of hydrogen-bond acceptors (Lipinski definition) is 4. The van der Waals surface area contributed by atoms with Crippen molar-refractivity contribution in [1.29, 1.82) is 0 Å². The van der Waals surface area contributed by atoms with E-state index in [4.69, 9.17) is 4.74 Å². The third kappa shape index (κ3) is 5.06. The predicted molar refractivity (Wildman–Crippen MR) is 95.0 cm³/mol. The van der Waals surface area contributed by atoms with E-state index >= 15 is 0 Å². The number of hydrogen-bond donors (Lipinski definition) is 1. The van der Waals surface area contributed by atoms with Gasteiger partial charge in [0.2, 0.25) is 5.91 Å². The van der Waals surface area contributed by atoms with Crippen LogP contribution in [0.2, 0.25) is 0 Å². The summed E-state index contributed by atoms with van der Waals surface area (Å²) in [6.07, 6.45) is 1.40. The molecule has 0 atom stereocenters. The van der Waals surface area contributed by atoms with Gasteiger partial charge in [-0.25, -0.2) is 4.98 Å². The minimum absolute atomic E-state index is 0.0644. The second-order valence-corrected chi connectivity index (χ2v) is 7.05. The first-order chi connectivity index (χ1) is 11.0. The van der Waals surface area contributed by atoms with Gasteiger partial charge in [-0.05, 0) is 31.4 Å². The molecular formula is C18H24N2O2S. The zero-order valence-corrected chi connectivity index (χ0v) is 15.0. The first kappa shape index (κ1) is 17.5. The molecule has 0 unspecified atom stereocenters. The highest BCUT2D eigenvalue weighted by Crippen LogP contribution is 2.30. The van der Waals surface area contributed by atoms with Crippen molar-refractivity contribution in [2.24, 2.45) is 5.92 Å². The van der Waals surface area contributed by atoms with Crippen LogP contribution in [0.1, 0.15) is 30.8 Å². The molecule has 1 aromatic heterocycles. The number of amides is 1. The fourth-order valence-electron chi connectivity index (χ4n) is 2.18. The van der Waals surface area contributed by atoms with Gasteiger partial charge in [-0.3, -0.25) is 4.79 Å². The standard InChI is InChI=1S/C18H24N2O2S/c1-12(2)8-9-19-17(21)11-16-13(3)20-18(23-16)14-6-5-7-15(10-14)22-4/h5-7,10,12H,8-9,11H2,1-4H3,(H,19,21). The highest BCUT2D eigenvalue weighted by atomic mass is 32.1. The molecule has 124 valence electrons. The molecular weight excluding hydrogens is 308 g/mol. The van der Waals surface area contributed by atoms with Gasteiger partial charge in [0.25, 0.3) is 0 Å². The molecule has 0 fully saturated rings. The van der Waals surface area contributed by atoms with E-state index in [-0.39, 0.29) is 5.91 Å². The molecule has 0 aliphatic carbocycles. The maximum absolute atomic E-state index is 12.0. The summed E-state index contributed by atoms with van der Waals surface area (Å²) in [6, 6.07) is 7.83. The average molecular weight is 332 g/mol. The van der Waals surface area contributed by atoms with Crippen LogP contribution >= 0.6 is 11.3 Å². The number of ether oxygens (including phenoxy) is 1. The van der Waals surface area contributed by atoms with E-state index in [9.17, 15) is 4.79 Å². The lowest BCUT2D eigenvalue weighted by Gasteiger charge is -2.06. The number of carbonyl (C=O) groups is 1. The summed E-state index contributed by atoms with van der Waals surface area (Å²) in [5.74, 6) is 1.47. The number of carbonyl (C=O) groups excluding carboxylic acids is 1. The fourth-order valence-corrected chi connectivity index (χ4v) is 3.24. The Bertz CT molecular complexity index is 665. The smallest absolute Gasteiger partial charge is 0.225 e. The molecule has 1 amide bonds. The second kappa shape index (κ2) is 8.11. The number of aromatic nitrogens is 1. The Morgan fingerprint density at radius 1 is 1.39 bits per heavy atom. The van der Waals surface area contributed by atoms with Gasteiger partial charge in [0.05, 0.1) is 19.2 Å². The predicted octanol–water partition coefficient (Wildman–Crippen LogP) is 3.83. The summed E-state index contributed by atoms with van der Waals surface area (Å²) in [5, 5.41) is 3.90. The molecule has 1 aromatic carbocycles. The van der Waals surface area contributed by atoms with Crippen LogP contribution in [0.15, 0.2) is 24.3 Å². The Balaban J connectivity index is 2.04. The Morgan fingerprint density at radius 2 is 2.17 bits per heavy atom. The van der Waals surface area contributed by atoms with Gasteiger partial charge in [0.15, 0.2) is 0 Å². The molecule has 0 spiro atoms.